The third kappa shape index (κ3) is 3.32. The average molecular weight is 378 g/mol. The highest BCUT2D eigenvalue weighted by molar-refractivity contribution is 5.93. The minimum atomic E-state index is -0.0482. The van der Waals surface area contributed by atoms with Crippen LogP contribution in [0.5, 0.6) is 0 Å². The van der Waals surface area contributed by atoms with Gasteiger partial charge in [0.2, 0.25) is 0 Å². The third-order valence-corrected chi connectivity index (χ3v) is 5.44. The van der Waals surface area contributed by atoms with Crippen molar-refractivity contribution in [1.82, 2.24) is 29.9 Å². The molecule has 1 atom stereocenters. The molecule has 28 heavy (non-hydrogen) atoms. The fourth-order valence-corrected chi connectivity index (χ4v) is 3.81. The van der Waals surface area contributed by atoms with Crippen LogP contribution >= 0.6 is 0 Å². The second kappa shape index (κ2) is 7.58. The Morgan fingerprint density at radius 3 is 2.79 bits per heavy atom. The molecule has 0 spiro atoms. The van der Waals surface area contributed by atoms with Gasteiger partial charge >= 0.3 is 0 Å². The van der Waals surface area contributed by atoms with E-state index in [0.717, 1.165) is 36.3 Å². The van der Waals surface area contributed by atoms with E-state index in [0.29, 0.717) is 12.2 Å². The number of likely N-dealkylation sites (tertiary alicyclic amines) is 1. The molecular formula is C21H26N6O. The first-order valence-corrected chi connectivity index (χ1v) is 9.93. The van der Waals surface area contributed by atoms with Gasteiger partial charge in [-0.1, -0.05) is 31.2 Å². The number of aromatic amines is 1. The summed E-state index contributed by atoms with van der Waals surface area (Å²) in [7, 11) is 0. The summed E-state index contributed by atoms with van der Waals surface area (Å²) in [6.07, 6.45) is 4.61. The zero-order chi connectivity index (χ0) is 19.7. The smallest absolute Gasteiger partial charge is 0.272 e. The number of benzene rings is 1. The molecule has 1 aromatic carbocycles. The second-order valence-corrected chi connectivity index (χ2v) is 7.56. The number of hydrogen-bond acceptors (Lipinski definition) is 4. The quantitative estimate of drug-likeness (QED) is 0.732. The Hall–Kier alpha value is -2.96. The molecule has 7 heteroatoms. The van der Waals surface area contributed by atoms with Crippen LogP contribution in [0.3, 0.4) is 0 Å². The first-order chi connectivity index (χ1) is 13.6. The third-order valence-electron chi connectivity index (χ3n) is 5.44. The molecule has 0 radical (unpaired) electrons. The van der Waals surface area contributed by atoms with Gasteiger partial charge in [-0.2, -0.15) is 5.10 Å². The highest BCUT2D eigenvalue weighted by Gasteiger charge is 2.34. The molecule has 0 saturated carbocycles. The molecule has 1 aliphatic rings. The van der Waals surface area contributed by atoms with E-state index in [9.17, 15) is 4.79 Å². The molecule has 0 bridgehead atoms. The Bertz CT molecular complexity index is 955. The number of hydrogen-bond donors (Lipinski definition) is 1. The minimum Gasteiger partial charge on any atom is -0.327 e. The lowest BCUT2D eigenvalue weighted by atomic mass is 10.1. The van der Waals surface area contributed by atoms with Gasteiger partial charge < -0.3 is 9.47 Å². The Morgan fingerprint density at radius 1 is 1.29 bits per heavy atom. The number of carbonyl (C=O) groups excluding carboxylic acids is 1. The first-order valence-electron chi connectivity index (χ1n) is 9.93. The molecule has 3 heterocycles. The summed E-state index contributed by atoms with van der Waals surface area (Å²) >= 11 is 0. The van der Waals surface area contributed by atoms with Gasteiger partial charge in [-0.15, -0.1) is 10.2 Å². The number of H-pyrrole nitrogens is 1. The summed E-state index contributed by atoms with van der Waals surface area (Å²) in [6, 6.07) is 10.3. The van der Waals surface area contributed by atoms with Crippen LogP contribution in [0.25, 0.3) is 11.3 Å². The van der Waals surface area contributed by atoms with Crippen LogP contribution in [0.2, 0.25) is 0 Å². The number of aromatic nitrogens is 5. The SMILES string of the molecule is CCc1ccc(-c2cc(C(=O)N3CCCC3c3nncn3C(C)C)[nH]n2)cc1. The van der Waals surface area contributed by atoms with Crippen LogP contribution in [-0.2, 0) is 6.42 Å². The molecule has 1 fully saturated rings. The van der Waals surface area contributed by atoms with E-state index in [2.05, 4.69) is 53.3 Å². The number of aryl methyl sites for hydroxylation is 1. The van der Waals surface area contributed by atoms with Crippen molar-refractivity contribution in [1.29, 1.82) is 0 Å². The Kier molecular flexibility index (Phi) is 4.98. The lowest BCUT2D eigenvalue weighted by Crippen LogP contribution is -2.32. The molecule has 2 aromatic heterocycles. The molecule has 4 rings (SSSR count). The van der Waals surface area contributed by atoms with E-state index in [-0.39, 0.29) is 18.0 Å². The van der Waals surface area contributed by atoms with Crippen molar-refractivity contribution in [2.75, 3.05) is 6.54 Å². The van der Waals surface area contributed by atoms with E-state index in [1.807, 2.05) is 27.7 Å². The molecular weight excluding hydrogens is 352 g/mol. The van der Waals surface area contributed by atoms with Crippen molar-refractivity contribution < 1.29 is 4.79 Å². The monoisotopic (exact) mass is 378 g/mol. The molecule has 1 amide bonds. The predicted molar refractivity (Wildman–Crippen MR) is 107 cm³/mol. The van der Waals surface area contributed by atoms with Gasteiger partial charge in [0.15, 0.2) is 5.82 Å². The summed E-state index contributed by atoms with van der Waals surface area (Å²) in [5, 5.41) is 15.7. The number of rotatable bonds is 5. The van der Waals surface area contributed by atoms with Crippen molar-refractivity contribution >= 4 is 5.91 Å². The fraction of sp³-hybridized carbons (Fsp3) is 0.429. The van der Waals surface area contributed by atoms with Gasteiger partial charge in [-0.05, 0) is 44.7 Å². The topological polar surface area (TPSA) is 79.7 Å². The summed E-state index contributed by atoms with van der Waals surface area (Å²) in [4.78, 5) is 15.1. The summed E-state index contributed by atoms with van der Waals surface area (Å²) in [6.45, 7) is 7.04. The van der Waals surface area contributed by atoms with Gasteiger partial charge in [0.05, 0.1) is 11.7 Å². The second-order valence-electron chi connectivity index (χ2n) is 7.56. The van der Waals surface area contributed by atoms with Crippen molar-refractivity contribution in [3.8, 4) is 11.3 Å². The van der Waals surface area contributed by atoms with Gasteiger partial charge in [-0.3, -0.25) is 9.89 Å². The number of carbonyl (C=O) groups is 1. The summed E-state index contributed by atoms with van der Waals surface area (Å²) in [5.41, 5.74) is 3.58. The van der Waals surface area contributed by atoms with Crippen molar-refractivity contribution in [3.63, 3.8) is 0 Å². The summed E-state index contributed by atoms with van der Waals surface area (Å²) < 4.78 is 2.05. The molecule has 1 saturated heterocycles. The van der Waals surface area contributed by atoms with Crippen molar-refractivity contribution in [2.24, 2.45) is 0 Å². The van der Waals surface area contributed by atoms with E-state index in [1.165, 1.54) is 5.56 Å². The number of nitrogens with one attached hydrogen (secondary N) is 1. The number of nitrogens with zero attached hydrogens (tertiary/aromatic N) is 5. The molecule has 1 N–H and O–H groups in total. The first kappa shape index (κ1) is 18.4. The van der Waals surface area contributed by atoms with Gasteiger partial charge in [0, 0.05) is 18.2 Å². The molecule has 146 valence electrons. The van der Waals surface area contributed by atoms with E-state index < -0.39 is 0 Å². The van der Waals surface area contributed by atoms with E-state index in [1.54, 1.807) is 6.33 Å². The van der Waals surface area contributed by atoms with E-state index in [4.69, 9.17) is 0 Å². The zero-order valence-corrected chi connectivity index (χ0v) is 16.6. The van der Waals surface area contributed by atoms with Crippen LogP contribution in [0.1, 0.15) is 67.6 Å². The van der Waals surface area contributed by atoms with Crippen LogP contribution in [0.4, 0.5) is 0 Å². The van der Waals surface area contributed by atoms with Gasteiger partial charge in [0.1, 0.15) is 12.0 Å². The fourth-order valence-electron chi connectivity index (χ4n) is 3.81. The van der Waals surface area contributed by atoms with Crippen LogP contribution in [0, 0.1) is 0 Å². The maximum atomic E-state index is 13.2. The average Bonchev–Trinajstić information content (AvgIpc) is 3.47. The Balaban J connectivity index is 1.57. The molecule has 3 aromatic rings. The number of amides is 1. The van der Waals surface area contributed by atoms with Crippen LogP contribution in [0.15, 0.2) is 36.7 Å². The highest BCUT2D eigenvalue weighted by Crippen LogP contribution is 2.33. The lowest BCUT2D eigenvalue weighted by molar-refractivity contribution is 0.0720. The molecule has 1 aliphatic heterocycles. The Morgan fingerprint density at radius 2 is 2.07 bits per heavy atom. The largest absolute Gasteiger partial charge is 0.327 e. The van der Waals surface area contributed by atoms with Crippen LogP contribution < -0.4 is 0 Å². The summed E-state index contributed by atoms with van der Waals surface area (Å²) in [5.74, 6) is 0.820. The normalized spacial score (nSPS) is 16.9. The Labute approximate surface area is 164 Å². The van der Waals surface area contributed by atoms with Crippen molar-refractivity contribution in [2.45, 2.75) is 52.1 Å². The maximum absolute atomic E-state index is 13.2. The highest BCUT2D eigenvalue weighted by atomic mass is 16.2. The van der Waals surface area contributed by atoms with Crippen LogP contribution in [-0.4, -0.2) is 42.3 Å². The maximum Gasteiger partial charge on any atom is 0.272 e. The van der Waals surface area contributed by atoms with E-state index >= 15 is 0 Å². The lowest BCUT2D eigenvalue weighted by Gasteiger charge is -2.24. The zero-order valence-electron chi connectivity index (χ0n) is 16.6. The van der Waals surface area contributed by atoms with Crippen molar-refractivity contribution in [3.05, 3.63) is 53.7 Å². The van der Waals surface area contributed by atoms with Gasteiger partial charge in [-0.25, -0.2) is 0 Å². The van der Waals surface area contributed by atoms with Gasteiger partial charge in [0.25, 0.3) is 5.91 Å². The predicted octanol–water partition coefficient (Wildman–Crippen LogP) is 3.79. The molecule has 0 aliphatic carbocycles. The molecule has 7 nitrogen and oxygen atoms in total. The molecule has 1 unspecified atom stereocenters. The minimum absolute atomic E-state index is 0.0373. The standard InChI is InChI=1S/C21H26N6O/c1-4-15-7-9-16(10-8-15)17-12-18(24-23-17)21(28)26-11-5-6-19(26)20-25-22-13-27(20)14(2)3/h7-10,12-14,19H,4-6,11H2,1-3H3,(H,23,24).